The van der Waals surface area contributed by atoms with Gasteiger partial charge in [0.2, 0.25) is 5.88 Å². The van der Waals surface area contributed by atoms with E-state index in [1.54, 1.807) is 6.20 Å². The van der Waals surface area contributed by atoms with E-state index in [4.69, 9.17) is 14.2 Å². The Kier molecular flexibility index (Phi) is 5.74. The van der Waals surface area contributed by atoms with Crippen LogP contribution in [0, 0.1) is 5.92 Å². The van der Waals surface area contributed by atoms with E-state index in [1.165, 1.54) is 0 Å². The van der Waals surface area contributed by atoms with Crippen molar-refractivity contribution in [2.45, 2.75) is 45.4 Å². The number of pyridine rings is 1. The van der Waals surface area contributed by atoms with Crippen LogP contribution in [0.3, 0.4) is 0 Å². The van der Waals surface area contributed by atoms with Gasteiger partial charge in [-0.1, -0.05) is 12.1 Å². The topological polar surface area (TPSA) is 81.7 Å². The summed E-state index contributed by atoms with van der Waals surface area (Å²) in [5.74, 6) is 2.55. The molecule has 0 saturated heterocycles. The van der Waals surface area contributed by atoms with E-state index in [2.05, 4.69) is 15.6 Å². The van der Waals surface area contributed by atoms with Crippen molar-refractivity contribution >= 4 is 6.03 Å². The Balaban J connectivity index is 1.35. The van der Waals surface area contributed by atoms with Crippen LogP contribution in [0.15, 0.2) is 36.5 Å². The van der Waals surface area contributed by atoms with Crippen molar-refractivity contribution in [2.24, 2.45) is 5.92 Å². The summed E-state index contributed by atoms with van der Waals surface area (Å²) in [5, 5.41) is 6.04. The first kappa shape index (κ1) is 19.4. The van der Waals surface area contributed by atoms with Crippen molar-refractivity contribution in [1.82, 2.24) is 15.6 Å². The second-order valence-electron chi connectivity index (χ2n) is 7.72. The van der Waals surface area contributed by atoms with Gasteiger partial charge in [0, 0.05) is 18.8 Å². The largest absolute Gasteiger partial charge is 0.486 e. The highest BCUT2D eigenvalue weighted by Gasteiger charge is 2.34. The van der Waals surface area contributed by atoms with Gasteiger partial charge in [-0.3, -0.25) is 0 Å². The van der Waals surface area contributed by atoms with Gasteiger partial charge >= 0.3 is 6.03 Å². The highest BCUT2D eigenvalue weighted by Crippen LogP contribution is 2.43. The van der Waals surface area contributed by atoms with Crippen LogP contribution in [-0.2, 0) is 6.54 Å². The summed E-state index contributed by atoms with van der Waals surface area (Å²) in [6.07, 6.45) is 4.02. The molecule has 2 heterocycles. The molecule has 7 heteroatoms. The fourth-order valence-corrected chi connectivity index (χ4v) is 3.36. The molecule has 1 aliphatic heterocycles. The summed E-state index contributed by atoms with van der Waals surface area (Å²) >= 11 is 0. The zero-order valence-corrected chi connectivity index (χ0v) is 16.8. The molecule has 1 saturated carbocycles. The standard InChI is InChI=1S/C22H27N3O4/c1-14(2)29-20-8-3-15(12-23-20)13-24-22(26)25-21(16-4-5-16)17-6-7-18-19(11-17)28-10-9-27-18/h3,6-8,11-12,14,16,21H,4-5,9-10,13H2,1-2H3,(H2,24,25,26). The Labute approximate surface area is 170 Å². The van der Waals surface area contributed by atoms with Crippen LogP contribution in [0.2, 0.25) is 0 Å². The maximum absolute atomic E-state index is 12.5. The summed E-state index contributed by atoms with van der Waals surface area (Å²) in [6, 6.07) is 9.40. The van der Waals surface area contributed by atoms with Gasteiger partial charge in [0.25, 0.3) is 0 Å². The highest BCUT2D eigenvalue weighted by molar-refractivity contribution is 5.74. The number of amides is 2. The molecule has 7 nitrogen and oxygen atoms in total. The van der Waals surface area contributed by atoms with Crippen molar-refractivity contribution in [3.05, 3.63) is 47.7 Å². The van der Waals surface area contributed by atoms with Crippen molar-refractivity contribution < 1.29 is 19.0 Å². The Bertz CT molecular complexity index is 850. The summed E-state index contributed by atoms with van der Waals surface area (Å²) in [5.41, 5.74) is 1.96. The molecular formula is C22H27N3O4. The lowest BCUT2D eigenvalue weighted by molar-refractivity contribution is 0.171. The maximum atomic E-state index is 12.5. The molecule has 0 spiro atoms. The van der Waals surface area contributed by atoms with Crippen molar-refractivity contribution in [1.29, 1.82) is 0 Å². The van der Waals surface area contributed by atoms with Crippen LogP contribution in [-0.4, -0.2) is 30.3 Å². The number of rotatable bonds is 7. The van der Waals surface area contributed by atoms with Crippen LogP contribution in [0.1, 0.15) is 43.9 Å². The molecule has 29 heavy (non-hydrogen) atoms. The molecule has 1 atom stereocenters. The second kappa shape index (κ2) is 8.59. The molecule has 0 radical (unpaired) electrons. The van der Waals surface area contributed by atoms with Gasteiger partial charge in [-0.15, -0.1) is 0 Å². The highest BCUT2D eigenvalue weighted by atomic mass is 16.6. The number of carbonyl (C=O) groups excluding carboxylic acids is 1. The Morgan fingerprint density at radius 1 is 1.17 bits per heavy atom. The van der Waals surface area contributed by atoms with Gasteiger partial charge in [-0.05, 0) is 55.9 Å². The van der Waals surface area contributed by atoms with E-state index in [0.717, 1.165) is 35.5 Å². The summed E-state index contributed by atoms with van der Waals surface area (Å²) < 4.78 is 16.8. The number of hydrogen-bond acceptors (Lipinski definition) is 5. The first-order valence-electron chi connectivity index (χ1n) is 10.1. The number of hydrogen-bond donors (Lipinski definition) is 2. The second-order valence-corrected chi connectivity index (χ2v) is 7.72. The Morgan fingerprint density at radius 2 is 1.97 bits per heavy atom. The molecule has 1 aromatic carbocycles. The van der Waals surface area contributed by atoms with E-state index in [9.17, 15) is 4.79 Å². The Hall–Kier alpha value is -2.96. The van der Waals surface area contributed by atoms with Gasteiger partial charge in [0.15, 0.2) is 11.5 Å². The fraction of sp³-hybridized carbons (Fsp3) is 0.455. The monoisotopic (exact) mass is 397 g/mol. The van der Waals surface area contributed by atoms with E-state index < -0.39 is 0 Å². The van der Waals surface area contributed by atoms with Crippen LogP contribution in [0.5, 0.6) is 17.4 Å². The predicted molar refractivity (Wildman–Crippen MR) is 108 cm³/mol. The number of benzene rings is 1. The van der Waals surface area contributed by atoms with Gasteiger partial charge in [-0.25, -0.2) is 9.78 Å². The zero-order valence-electron chi connectivity index (χ0n) is 16.8. The SMILES string of the molecule is CC(C)Oc1ccc(CNC(=O)NC(c2ccc3c(c2)OCCO3)C2CC2)cn1. The van der Waals surface area contributed by atoms with Crippen molar-refractivity contribution in [2.75, 3.05) is 13.2 Å². The van der Waals surface area contributed by atoms with Crippen molar-refractivity contribution in [3.8, 4) is 17.4 Å². The molecule has 2 aromatic rings. The summed E-state index contributed by atoms with van der Waals surface area (Å²) in [6.45, 7) is 5.43. The first-order valence-corrected chi connectivity index (χ1v) is 10.1. The summed E-state index contributed by atoms with van der Waals surface area (Å²) in [4.78, 5) is 16.8. The molecule has 2 N–H and O–H groups in total. The number of carbonyl (C=O) groups is 1. The molecule has 1 aromatic heterocycles. The third-order valence-corrected chi connectivity index (χ3v) is 4.91. The van der Waals surface area contributed by atoms with Gasteiger partial charge < -0.3 is 24.8 Å². The van der Waals surface area contributed by atoms with Gasteiger partial charge in [0.1, 0.15) is 13.2 Å². The van der Waals surface area contributed by atoms with Gasteiger partial charge in [0.05, 0.1) is 12.1 Å². The maximum Gasteiger partial charge on any atom is 0.315 e. The normalized spacial score (nSPS) is 16.2. The molecule has 1 aliphatic carbocycles. The lowest BCUT2D eigenvalue weighted by atomic mass is 10.0. The van der Waals surface area contributed by atoms with Crippen LogP contribution < -0.4 is 24.8 Å². The number of fused-ring (bicyclic) bond motifs is 1. The average molecular weight is 397 g/mol. The minimum absolute atomic E-state index is 0.0363. The molecule has 0 bridgehead atoms. The Morgan fingerprint density at radius 3 is 2.66 bits per heavy atom. The van der Waals surface area contributed by atoms with E-state index >= 15 is 0 Å². The van der Waals surface area contributed by atoms with Crippen molar-refractivity contribution in [3.63, 3.8) is 0 Å². The van der Waals surface area contributed by atoms with E-state index in [0.29, 0.717) is 31.6 Å². The number of nitrogens with one attached hydrogen (secondary N) is 2. The molecular weight excluding hydrogens is 370 g/mol. The number of nitrogens with zero attached hydrogens (tertiary/aromatic N) is 1. The number of ether oxygens (including phenoxy) is 3. The molecule has 2 aliphatic rings. The quantitative estimate of drug-likeness (QED) is 0.746. The lowest BCUT2D eigenvalue weighted by Gasteiger charge is -2.23. The zero-order chi connectivity index (χ0) is 20.2. The van der Waals surface area contributed by atoms with Gasteiger partial charge in [-0.2, -0.15) is 0 Å². The van der Waals surface area contributed by atoms with E-state index in [-0.39, 0.29) is 18.2 Å². The lowest BCUT2D eigenvalue weighted by Crippen LogP contribution is -2.38. The van der Waals surface area contributed by atoms with E-state index in [1.807, 2.05) is 44.2 Å². The molecule has 1 unspecified atom stereocenters. The minimum Gasteiger partial charge on any atom is -0.486 e. The summed E-state index contributed by atoms with van der Waals surface area (Å²) in [7, 11) is 0. The minimum atomic E-state index is -0.195. The molecule has 1 fully saturated rings. The smallest absolute Gasteiger partial charge is 0.315 e. The fourth-order valence-electron chi connectivity index (χ4n) is 3.36. The molecule has 154 valence electrons. The number of aromatic nitrogens is 1. The first-order chi connectivity index (χ1) is 14.1. The number of urea groups is 1. The van der Waals surface area contributed by atoms with Crippen LogP contribution >= 0.6 is 0 Å². The molecule has 4 rings (SSSR count). The third-order valence-electron chi connectivity index (χ3n) is 4.91. The van der Waals surface area contributed by atoms with Crippen LogP contribution in [0.4, 0.5) is 4.79 Å². The average Bonchev–Trinajstić information content (AvgIpc) is 3.56. The third kappa shape index (κ3) is 5.10. The van der Waals surface area contributed by atoms with Crippen LogP contribution in [0.25, 0.3) is 0 Å². The molecule has 2 amide bonds. The predicted octanol–water partition coefficient (Wildman–Crippen LogP) is 3.59.